The zero-order valence-electron chi connectivity index (χ0n) is 23.1. The summed E-state index contributed by atoms with van der Waals surface area (Å²) in [6.45, 7) is 1.57. The van der Waals surface area contributed by atoms with E-state index in [9.17, 15) is 12.8 Å². The lowest BCUT2D eigenvalue weighted by Gasteiger charge is -2.35. The van der Waals surface area contributed by atoms with Crippen molar-refractivity contribution in [2.75, 3.05) is 30.4 Å². The Morgan fingerprint density at radius 1 is 0.977 bits per heavy atom. The summed E-state index contributed by atoms with van der Waals surface area (Å²) in [4.78, 5) is 12.5. The zero-order valence-corrected chi connectivity index (χ0v) is 24.7. The van der Waals surface area contributed by atoms with Crippen LogP contribution < -0.4 is 20.1 Å². The molecule has 2 aromatic carbocycles. The van der Waals surface area contributed by atoms with Gasteiger partial charge in [0.1, 0.15) is 5.82 Å². The molecule has 226 valence electrons. The molecule has 14 heteroatoms. The molecular weight excluding hydrogens is 602 g/mol. The van der Waals surface area contributed by atoms with Crippen molar-refractivity contribution < 1.29 is 26.7 Å². The van der Waals surface area contributed by atoms with E-state index in [0.717, 1.165) is 57.1 Å². The molecule has 3 heterocycles. The summed E-state index contributed by atoms with van der Waals surface area (Å²) >= 11 is 5.92. The van der Waals surface area contributed by atoms with E-state index in [-0.39, 0.29) is 22.5 Å². The van der Waals surface area contributed by atoms with Crippen LogP contribution in [0, 0.1) is 11.6 Å². The van der Waals surface area contributed by atoms with Crippen LogP contribution in [0.25, 0.3) is 22.0 Å². The highest BCUT2D eigenvalue weighted by atomic mass is 35.5. The molecule has 1 aliphatic heterocycles. The lowest BCUT2D eigenvalue weighted by atomic mass is 9.90. The monoisotopic (exact) mass is 630 g/mol. The van der Waals surface area contributed by atoms with Crippen LogP contribution in [-0.2, 0) is 14.8 Å². The number of hydrogen-bond acceptors (Lipinski definition) is 9. The third-order valence-electron chi connectivity index (χ3n) is 7.64. The number of hydrogen-bond donors (Lipinski definition) is 3. The fourth-order valence-electron chi connectivity index (χ4n) is 5.36. The molecule has 0 radical (unpaired) electrons. The van der Waals surface area contributed by atoms with Gasteiger partial charge in [-0.25, -0.2) is 32.2 Å². The van der Waals surface area contributed by atoms with Crippen molar-refractivity contribution in [2.45, 2.75) is 48.7 Å². The molecule has 1 saturated heterocycles. The van der Waals surface area contributed by atoms with Gasteiger partial charge in [-0.05, 0) is 61.6 Å². The first-order chi connectivity index (χ1) is 20.7. The number of aromatic nitrogens is 3. The molecule has 4 aromatic rings. The molecule has 0 unspecified atom stereocenters. The summed E-state index contributed by atoms with van der Waals surface area (Å²) in [5.41, 5.74) is -0.0723. The summed E-state index contributed by atoms with van der Waals surface area (Å²) < 4.78 is 69.2. The summed E-state index contributed by atoms with van der Waals surface area (Å²) in [5, 5.41) is 7.66. The van der Waals surface area contributed by atoms with E-state index in [1.165, 1.54) is 19.4 Å². The van der Waals surface area contributed by atoms with Gasteiger partial charge in [-0.3, -0.25) is 4.72 Å². The topological polar surface area (TPSA) is 127 Å². The molecule has 3 N–H and O–H groups in total. The number of nitrogens with zero attached hydrogens (tertiary/aromatic N) is 3. The van der Waals surface area contributed by atoms with Gasteiger partial charge in [0.2, 0.25) is 11.8 Å². The summed E-state index contributed by atoms with van der Waals surface area (Å²) in [6, 6.07) is 9.07. The van der Waals surface area contributed by atoms with Crippen LogP contribution in [-0.4, -0.2) is 61.8 Å². The molecule has 0 spiro atoms. The molecule has 6 rings (SSSR count). The van der Waals surface area contributed by atoms with Gasteiger partial charge in [-0.15, -0.1) is 0 Å². The maximum atomic E-state index is 15.7. The molecule has 2 aliphatic rings. The first-order valence-electron chi connectivity index (χ1n) is 13.8. The van der Waals surface area contributed by atoms with Gasteiger partial charge >= 0.3 is 0 Å². The fourth-order valence-corrected chi connectivity index (χ4v) is 6.79. The standard InChI is InChI=1S/C29H29ClF2N6O4S/c1-41-28-25(11-18(30)13-33-28)43(39,40)38-24-9-7-22(31)26(27(24)32)16-2-8-23-17(10-16)12-34-29(37-23)36-20-5-3-19(4-6-20)35-21-14-42-15-21/h2,7-13,19-21,35,38H,3-6,14-15H2,1H3,(H,34,36,37)/t19-,20-. The number of pyridine rings is 1. The first kappa shape index (κ1) is 29.4. The van der Waals surface area contributed by atoms with Crippen LogP contribution in [0.15, 0.2) is 53.7 Å². The Hall–Kier alpha value is -3.65. The van der Waals surface area contributed by atoms with Crippen molar-refractivity contribution in [3.63, 3.8) is 0 Å². The van der Waals surface area contributed by atoms with E-state index in [1.807, 2.05) is 0 Å². The molecule has 2 aromatic heterocycles. The van der Waals surface area contributed by atoms with Crippen LogP contribution in [0.4, 0.5) is 20.4 Å². The minimum atomic E-state index is -4.39. The zero-order chi connectivity index (χ0) is 30.1. The Kier molecular flexibility index (Phi) is 8.32. The van der Waals surface area contributed by atoms with E-state index < -0.39 is 37.8 Å². The van der Waals surface area contributed by atoms with Crippen LogP contribution in [0.2, 0.25) is 5.02 Å². The smallest absolute Gasteiger partial charge is 0.267 e. The van der Waals surface area contributed by atoms with Gasteiger partial charge in [0.25, 0.3) is 10.0 Å². The van der Waals surface area contributed by atoms with E-state index in [4.69, 9.17) is 21.1 Å². The van der Waals surface area contributed by atoms with Gasteiger partial charge < -0.3 is 20.1 Å². The minimum absolute atomic E-state index is 0.0398. The Labute approximate surface area is 252 Å². The Bertz CT molecular complexity index is 1770. The number of nitrogens with one attached hydrogen (secondary N) is 3. The van der Waals surface area contributed by atoms with Crippen LogP contribution in [0.3, 0.4) is 0 Å². The summed E-state index contributed by atoms with van der Waals surface area (Å²) in [5.74, 6) is -1.70. The van der Waals surface area contributed by atoms with Crippen LogP contribution >= 0.6 is 11.6 Å². The van der Waals surface area contributed by atoms with Crippen molar-refractivity contribution in [3.8, 4) is 17.0 Å². The quantitative estimate of drug-likeness (QED) is 0.230. The largest absolute Gasteiger partial charge is 0.480 e. The molecule has 1 saturated carbocycles. The van der Waals surface area contributed by atoms with Crippen molar-refractivity contribution in [1.29, 1.82) is 0 Å². The Morgan fingerprint density at radius 2 is 1.74 bits per heavy atom. The van der Waals surface area contributed by atoms with Crippen LogP contribution in [0.1, 0.15) is 25.7 Å². The number of benzene rings is 2. The minimum Gasteiger partial charge on any atom is -0.480 e. The lowest BCUT2D eigenvalue weighted by molar-refractivity contribution is -0.0120. The number of rotatable bonds is 9. The molecule has 0 amide bonds. The maximum absolute atomic E-state index is 15.7. The van der Waals surface area contributed by atoms with Crippen molar-refractivity contribution in [2.24, 2.45) is 0 Å². The Morgan fingerprint density at radius 3 is 2.47 bits per heavy atom. The number of methoxy groups -OCH3 is 1. The van der Waals surface area contributed by atoms with Gasteiger partial charge in [-0.2, -0.15) is 0 Å². The number of anilines is 2. The molecular formula is C29H29ClF2N6O4S. The molecule has 43 heavy (non-hydrogen) atoms. The maximum Gasteiger partial charge on any atom is 0.267 e. The molecule has 1 aliphatic carbocycles. The number of halogens is 3. The predicted octanol–water partition coefficient (Wildman–Crippen LogP) is 5.14. The summed E-state index contributed by atoms with van der Waals surface area (Å²) in [7, 11) is -3.15. The van der Waals surface area contributed by atoms with E-state index in [2.05, 4.69) is 30.3 Å². The highest BCUT2D eigenvalue weighted by Gasteiger charge is 2.27. The van der Waals surface area contributed by atoms with Crippen LogP contribution in [0.5, 0.6) is 5.88 Å². The molecule has 10 nitrogen and oxygen atoms in total. The summed E-state index contributed by atoms with van der Waals surface area (Å²) in [6.07, 6.45) is 6.91. The highest BCUT2D eigenvalue weighted by Crippen LogP contribution is 2.34. The third kappa shape index (κ3) is 6.35. The van der Waals surface area contributed by atoms with Gasteiger partial charge in [0.15, 0.2) is 10.7 Å². The molecule has 2 fully saturated rings. The predicted molar refractivity (Wildman–Crippen MR) is 159 cm³/mol. The number of fused-ring (bicyclic) bond motifs is 1. The number of sulfonamides is 1. The highest BCUT2D eigenvalue weighted by molar-refractivity contribution is 7.92. The first-order valence-corrected chi connectivity index (χ1v) is 15.6. The van der Waals surface area contributed by atoms with E-state index in [1.54, 1.807) is 18.3 Å². The van der Waals surface area contributed by atoms with Gasteiger partial charge in [0.05, 0.1) is 48.2 Å². The average Bonchev–Trinajstić information content (AvgIpc) is 2.97. The normalized spacial score (nSPS) is 19.2. The lowest BCUT2D eigenvalue weighted by Crippen LogP contribution is -2.51. The van der Waals surface area contributed by atoms with Crippen molar-refractivity contribution >= 4 is 44.2 Å². The second kappa shape index (κ2) is 12.2. The average molecular weight is 631 g/mol. The fraction of sp³-hybridized carbons (Fsp3) is 0.345. The van der Waals surface area contributed by atoms with Gasteiger partial charge in [-0.1, -0.05) is 17.7 Å². The SMILES string of the molecule is COc1ncc(Cl)cc1S(=O)(=O)Nc1ccc(F)c(-c2ccc3nc(N[C@H]4CC[C@H](NC5COC5)CC4)ncc3c2)c1F. The van der Waals surface area contributed by atoms with Crippen molar-refractivity contribution in [1.82, 2.24) is 20.3 Å². The Balaban J connectivity index is 1.20. The second-order valence-corrected chi connectivity index (χ2v) is 12.7. The van der Waals surface area contributed by atoms with Crippen molar-refractivity contribution in [3.05, 3.63) is 65.4 Å². The molecule has 0 bridgehead atoms. The van der Waals surface area contributed by atoms with E-state index >= 15 is 4.39 Å². The molecule has 0 atom stereocenters. The second-order valence-electron chi connectivity index (χ2n) is 10.6. The number of ether oxygens (including phenoxy) is 2. The van der Waals surface area contributed by atoms with E-state index in [0.29, 0.717) is 28.9 Å². The third-order valence-corrected chi connectivity index (χ3v) is 9.21. The van der Waals surface area contributed by atoms with Gasteiger partial charge in [0, 0.05) is 29.9 Å².